The van der Waals surface area contributed by atoms with Gasteiger partial charge in [-0.2, -0.15) is 0 Å². The zero-order valence-electron chi connectivity index (χ0n) is 10.9. The molecule has 2 aromatic rings. The second-order valence-corrected chi connectivity index (χ2v) is 4.87. The molecule has 5 heteroatoms. The third-order valence-electron chi connectivity index (χ3n) is 2.75. The molecule has 0 atom stereocenters. The van der Waals surface area contributed by atoms with Crippen molar-refractivity contribution >= 4 is 11.6 Å². The van der Waals surface area contributed by atoms with Crippen molar-refractivity contribution in [3.05, 3.63) is 46.9 Å². The van der Waals surface area contributed by atoms with E-state index >= 15 is 0 Å². The maximum absolute atomic E-state index is 6.08. The highest BCUT2D eigenvalue weighted by molar-refractivity contribution is 6.31. The Morgan fingerprint density at radius 3 is 2.79 bits per heavy atom. The van der Waals surface area contributed by atoms with Gasteiger partial charge in [-0.05, 0) is 18.1 Å². The summed E-state index contributed by atoms with van der Waals surface area (Å²) in [7, 11) is 0. The van der Waals surface area contributed by atoms with Crippen LogP contribution in [-0.4, -0.2) is 9.97 Å². The highest BCUT2D eigenvalue weighted by atomic mass is 35.5. The highest BCUT2D eigenvalue weighted by Crippen LogP contribution is 2.29. The first-order chi connectivity index (χ1) is 9.11. The minimum atomic E-state index is 0.317. The van der Waals surface area contributed by atoms with Gasteiger partial charge in [0, 0.05) is 23.2 Å². The van der Waals surface area contributed by atoms with Crippen molar-refractivity contribution in [2.45, 2.75) is 26.3 Å². The number of hydrogen-bond acceptors (Lipinski definition) is 4. The Hall–Kier alpha value is -1.65. The van der Waals surface area contributed by atoms with Crippen LogP contribution in [0, 0.1) is 0 Å². The number of nitrogens with zero attached hydrogens (tertiary/aromatic N) is 2. The van der Waals surface area contributed by atoms with E-state index in [2.05, 4.69) is 23.8 Å². The number of halogens is 1. The molecule has 0 aliphatic rings. The molecule has 0 saturated heterocycles. The van der Waals surface area contributed by atoms with Gasteiger partial charge in [0.1, 0.15) is 12.1 Å². The van der Waals surface area contributed by atoms with Crippen LogP contribution in [0.25, 0.3) is 0 Å². The summed E-state index contributed by atoms with van der Waals surface area (Å²) in [5.41, 5.74) is 7.39. The summed E-state index contributed by atoms with van der Waals surface area (Å²) in [5.74, 6) is 1.44. The summed E-state index contributed by atoms with van der Waals surface area (Å²) >= 11 is 6.08. The number of hydrogen-bond donors (Lipinski definition) is 1. The van der Waals surface area contributed by atoms with Crippen molar-refractivity contribution in [2.24, 2.45) is 5.73 Å². The summed E-state index contributed by atoms with van der Waals surface area (Å²) < 4.78 is 5.76. The van der Waals surface area contributed by atoms with Gasteiger partial charge in [-0.15, -0.1) is 0 Å². The minimum absolute atomic E-state index is 0.317. The lowest BCUT2D eigenvalue weighted by Gasteiger charge is -2.11. The molecule has 2 N–H and O–H groups in total. The lowest BCUT2D eigenvalue weighted by atomic mass is 10.1. The van der Waals surface area contributed by atoms with Crippen molar-refractivity contribution in [1.82, 2.24) is 9.97 Å². The van der Waals surface area contributed by atoms with Crippen LogP contribution in [-0.2, 0) is 6.54 Å². The van der Waals surface area contributed by atoms with Gasteiger partial charge in [0.15, 0.2) is 0 Å². The van der Waals surface area contributed by atoms with Crippen molar-refractivity contribution in [3.8, 4) is 11.6 Å². The fourth-order valence-electron chi connectivity index (χ4n) is 1.67. The van der Waals surface area contributed by atoms with Crippen LogP contribution in [0.15, 0.2) is 30.6 Å². The van der Waals surface area contributed by atoms with E-state index in [-0.39, 0.29) is 0 Å². The average molecular weight is 278 g/mol. The maximum Gasteiger partial charge on any atom is 0.222 e. The van der Waals surface area contributed by atoms with Crippen LogP contribution in [0.1, 0.15) is 31.0 Å². The smallest absolute Gasteiger partial charge is 0.222 e. The average Bonchev–Trinajstić information content (AvgIpc) is 2.39. The van der Waals surface area contributed by atoms with E-state index in [1.807, 2.05) is 18.2 Å². The molecule has 0 unspecified atom stereocenters. The molecule has 1 aromatic heterocycles. The molecular formula is C14H16ClN3O. The van der Waals surface area contributed by atoms with Crippen molar-refractivity contribution in [3.63, 3.8) is 0 Å². The topological polar surface area (TPSA) is 61.0 Å². The third kappa shape index (κ3) is 3.22. The third-order valence-corrected chi connectivity index (χ3v) is 3.10. The zero-order chi connectivity index (χ0) is 13.8. The van der Waals surface area contributed by atoms with Crippen molar-refractivity contribution < 1.29 is 4.74 Å². The van der Waals surface area contributed by atoms with Crippen molar-refractivity contribution in [2.75, 3.05) is 0 Å². The van der Waals surface area contributed by atoms with Gasteiger partial charge in [0.2, 0.25) is 5.88 Å². The normalized spacial score (nSPS) is 10.8. The molecule has 100 valence electrons. The van der Waals surface area contributed by atoms with Gasteiger partial charge in [-0.1, -0.05) is 31.5 Å². The monoisotopic (exact) mass is 277 g/mol. The summed E-state index contributed by atoms with van der Waals surface area (Å²) in [6.07, 6.45) is 1.50. The second-order valence-electron chi connectivity index (χ2n) is 4.46. The number of aromatic nitrogens is 2. The van der Waals surface area contributed by atoms with Gasteiger partial charge in [-0.25, -0.2) is 9.97 Å². The van der Waals surface area contributed by atoms with Crippen molar-refractivity contribution in [1.29, 1.82) is 0 Å². The molecule has 0 spiro atoms. The van der Waals surface area contributed by atoms with E-state index in [1.54, 1.807) is 6.07 Å². The minimum Gasteiger partial charge on any atom is -0.439 e. The van der Waals surface area contributed by atoms with Gasteiger partial charge >= 0.3 is 0 Å². The molecule has 1 aromatic carbocycles. The Morgan fingerprint density at radius 2 is 2.11 bits per heavy atom. The molecule has 4 nitrogen and oxygen atoms in total. The Kier molecular flexibility index (Phi) is 4.35. The van der Waals surface area contributed by atoms with Gasteiger partial charge in [0.05, 0.1) is 5.69 Å². The number of rotatable bonds is 4. The molecular weight excluding hydrogens is 262 g/mol. The standard InChI is InChI=1S/C14H16ClN3O/c1-9(2)12-6-14(18-8-17-12)19-13-5-3-4-11(15)10(13)7-16/h3-6,8-9H,7,16H2,1-2H3. The lowest BCUT2D eigenvalue weighted by Crippen LogP contribution is -2.02. The van der Waals surface area contributed by atoms with Crippen LogP contribution in [0.3, 0.4) is 0 Å². The predicted octanol–water partition coefficient (Wildman–Crippen LogP) is 3.50. The van der Waals surface area contributed by atoms with Gasteiger partial charge < -0.3 is 10.5 Å². The Labute approximate surface area is 117 Å². The largest absolute Gasteiger partial charge is 0.439 e. The summed E-state index contributed by atoms with van der Waals surface area (Å²) in [4.78, 5) is 8.30. The van der Waals surface area contributed by atoms with Crippen LogP contribution < -0.4 is 10.5 Å². The molecule has 0 amide bonds. The Balaban J connectivity index is 2.31. The first-order valence-corrected chi connectivity index (χ1v) is 6.47. The van der Waals surface area contributed by atoms with Crippen LogP contribution in [0.5, 0.6) is 11.6 Å². The van der Waals surface area contributed by atoms with Crippen LogP contribution in [0.4, 0.5) is 0 Å². The van der Waals surface area contributed by atoms with Crippen LogP contribution >= 0.6 is 11.6 Å². The second kappa shape index (κ2) is 5.99. The SMILES string of the molecule is CC(C)c1cc(Oc2cccc(Cl)c2CN)ncn1. The molecule has 19 heavy (non-hydrogen) atoms. The Bertz CT molecular complexity index is 572. The lowest BCUT2D eigenvalue weighted by molar-refractivity contribution is 0.454. The molecule has 1 heterocycles. The fraction of sp³-hybridized carbons (Fsp3) is 0.286. The number of ether oxygens (including phenoxy) is 1. The number of nitrogens with two attached hydrogens (primary N) is 1. The van der Waals surface area contributed by atoms with Gasteiger partial charge in [0.25, 0.3) is 0 Å². The Morgan fingerprint density at radius 1 is 1.32 bits per heavy atom. The quantitative estimate of drug-likeness (QED) is 0.929. The summed E-state index contributed by atoms with van der Waals surface area (Å²) in [5, 5.41) is 0.595. The first-order valence-electron chi connectivity index (χ1n) is 6.09. The van der Waals surface area contributed by atoms with E-state index in [9.17, 15) is 0 Å². The van der Waals surface area contributed by atoms with E-state index in [0.717, 1.165) is 11.3 Å². The molecule has 0 aliphatic heterocycles. The number of benzene rings is 1. The highest BCUT2D eigenvalue weighted by Gasteiger charge is 2.09. The van der Waals surface area contributed by atoms with E-state index < -0.39 is 0 Å². The summed E-state index contributed by atoms with van der Waals surface area (Å²) in [6.45, 7) is 4.45. The zero-order valence-corrected chi connectivity index (χ0v) is 11.7. The molecule has 0 fully saturated rings. The van der Waals surface area contributed by atoms with E-state index in [0.29, 0.717) is 29.1 Å². The fourth-order valence-corrected chi connectivity index (χ4v) is 1.91. The molecule has 0 radical (unpaired) electrons. The molecule has 0 bridgehead atoms. The maximum atomic E-state index is 6.08. The first kappa shape index (κ1) is 13.8. The molecule has 2 rings (SSSR count). The van der Waals surface area contributed by atoms with E-state index in [1.165, 1.54) is 6.33 Å². The van der Waals surface area contributed by atoms with Crippen LogP contribution in [0.2, 0.25) is 5.02 Å². The van der Waals surface area contributed by atoms with E-state index in [4.69, 9.17) is 22.1 Å². The molecule has 0 aliphatic carbocycles. The predicted molar refractivity (Wildman–Crippen MR) is 75.5 cm³/mol. The summed E-state index contributed by atoms with van der Waals surface area (Å²) in [6, 6.07) is 7.26. The van der Waals surface area contributed by atoms with Gasteiger partial charge in [-0.3, -0.25) is 0 Å². The molecule has 0 saturated carbocycles.